The van der Waals surface area contributed by atoms with Crippen molar-refractivity contribution in [2.24, 2.45) is 4.99 Å². The number of fused-ring (bicyclic) bond motifs is 15. The van der Waals surface area contributed by atoms with Gasteiger partial charge in [0.05, 0.1) is 23.2 Å². The minimum Gasteiger partial charge on any atom is -0.314 e. The molecule has 0 saturated carbocycles. The fraction of sp³-hybridized carbons (Fsp3) is 0.931. The first-order valence-corrected chi connectivity index (χ1v) is 15.9. The van der Waals surface area contributed by atoms with E-state index in [1.807, 2.05) is 0 Å². The maximum Gasteiger partial charge on any atom is 0.0843 e. The van der Waals surface area contributed by atoms with E-state index in [9.17, 15) is 0 Å². The monoisotopic (exact) mass is 546 g/mol. The van der Waals surface area contributed by atoms with Crippen LogP contribution in [0.1, 0.15) is 64.2 Å². The average molecular weight is 547 g/mol. The van der Waals surface area contributed by atoms with Crippen LogP contribution in [0.2, 0.25) is 0 Å². The summed E-state index contributed by atoms with van der Waals surface area (Å²) >= 11 is 0. The molecular weight excluding hydrogens is 488 g/mol. The fourth-order valence-electron chi connectivity index (χ4n) is 5.68. The number of rotatable bonds is 15. The van der Waals surface area contributed by atoms with Crippen molar-refractivity contribution in [3.05, 3.63) is 0 Å². The fourth-order valence-corrected chi connectivity index (χ4v) is 5.68. The van der Waals surface area contributed by atoms with E-state index in [0.29, 0.717) is 12.5 Å². The Bertz CT molecular complexity index is 644. The van der Waals surface area contributed by atoms with Crippen LogP contribution in [-0.2, 0) is 0 Å². The van der Waals surface area contributed by atoms with Crippen LogP contribution >= 0.6 is 0 Å². The largest absolute Gasteiger partial charge is 0.314 e. The van der Waals surface area contributed by atoms with E-state index >= 15 is 0 Å². The number of hydrogen-bond acceptors (Lipinski definition) is 10. The molecular formula is C29H58N10. The first-order chi connectivity index (χ1) is 19.3. The first kappa shape index (κ1) is 32.4. The van der Waals surface area contributed by atoms with Crippen LogP contribution in [0.15, 0.2) is 4.99 Å². The molecule has 3 saturated heterocycles. The topological polar surface area (TPSA) is 132 Å². The molecule has 4 heterocycles. The van der Waals surface area contributed by atoms with Gasteiger partial charge in [-0.2, -0.15) is 5.26 Å². The Morgan fingerprint density at radius 3 is 1.38 bits per heavy atom. The van der Waals surface area contributed by atoms with Gasteiger partial charge in [0.25, 0.3) is 0 Å². The Morgan fingerprint density at radius 1 is 0.615 bits per heavy atom. The van der Waals surface area contributed by atoms with Crippen LogP contribution in [0.25, 0.3) is 0 Å². The molecule has 1 unspecified atom stereocenters. The van der Waals surface area contributed by atoms with Crippen LogP contribution in [0, 0.1) is 11.3 Å². The van der Waals surface area contributed by atoms with Crippen molar-refractivity contribution < 1.29 is 0 Å². The van der Waals surface area contributed by atoms with Crippen LogP contribution < -0.4 is 42.5 Å². The maximum atomic E-state index is 8.75. The van der Waals surface area contributed by atoms with Gasteiger partial charge in [0, 0.05) is 91.2 Å². The highest BCUT2D eigenvalue weighted by Gasteiger charge is 2.31. The summed E-state index contributed by atoms with van der Waals surface area (Å²) in [7, 11) is 0. The second kappa shape index (κ2) is 19.8. The molecule has 0 aromatic heterocycles. The summed E-state index contributed by atoms with van der Waals surface area (Å²) in [4.78, 5) is 4.25. The van der Waals surface area contributed by atoms with E-state index in [0.717, 1.165) is 111 Å². The minimum absolute atomic E-state index is 0.00532. The maximum absolute atomic E-state index is 8.75. The molecule has 10 nitrogen and oxygen atoms in total. The van der Waals surface area contributed by atoms with E-state index in [2.05, 4.69) is 59.8 Å². The van der Waals surface area contributed by atoms with Gasteiger partial charge in [-0.3, -0.25) is 4.99 Å². The van der Waals surface area contributed by atoms with Crippen molar-refractivity contribution >= 4 is 6.21 Å². The number of unbranched alkanes of at least 4 members (excludes halogenated alkanes) is 7. The molecule has 0 spiro atoms. The molecule has 0 aromatic carbocycles. The molecule has 0 radical (unpaired) electrons. The van der Waals surface area contributed by atoms with Gasteiger partial charge < -0.3 is 42.5 Å². The SMILES string of the molecule is N#CCCCCCCNC12CNCCNCC(NCCCCCCC3C=N3)(CNCCNC1)CNCCNC2. The van der Waals surface area contributed by atoms with Crippen molar-refractivity contribution in [1.82, 2.24) is 42.5 Å². The average Bonchev–Trinajstić information content (AvgIpc) is 3.77. The molecule has 224 valence electrons. The molecule has 4 aliphatic rings. The first-order valence-electron chi connectivity index (χ1n) is 15.9. The lowest BCUT2D eigenvalue weighted by Gasteiger charge is -2.39. The van der Waals surface area contributed by atoms with E-state index < -0.39 is 0 Å². The molecule has 0 aliphatic carbocycles. The third-order valence-corrected chi connectivity index (χ3v) is 8.22. The number of nitrogens with one attached hydrogen (secondary N) is 8. The second-order valence-electron chi connectivity index (χ2n) is 11.9. The molecule has 0 amide bonds. The molecule has 2 bridgehead atoms. The highest BCUT2D eigenvalue weighted by atomic mass is 15.2. The molecule has 0 aromatic rings. The second-order valence-corrected chi connectivity index (χ2v) is 11.9. The summed E-state index contributed by atoms with van der Waals surface area (Å²) in [6, 6.07) is 2.83. The molecule has 10 heteroatoms. The van der Waals surface area contributed by atoms with Crippen LogP contribution in [0.5, 0.6) is 0 Å². The number of nitrogens with zero attached hydrogens (tertiary/aromatic N) is 2. The van der Waals surface area contributed by atoms with Crippen LogP contribution in [0.3, 0.4) is 0 Å². The van der Waals surface area contributed by atoms with Gasteiger partial charge in [0.1, 0.15) is 0 Å². The van der Waals surface area contributed by atoms with Gasteiger partial charge in [-0.15, -0.1) is 0 Å². The number of nitriles is 1. The summed E-state index contributed by atoms with van der Waals surface area (Å²) in [5, 5.41) is 39.2. The van der Waals surface area contributed by atoms with Gasteiger partial charge in [0.15, 0.2) is 0 Å². The zero-order valence-electron chi connectivity index (χ0n) is 24.5. The summed E-state index contributed by atoms with van der Waals surface area (Å²) in [5.74, 6) is 0. The Kier molecular flexibility index (Phi) is 16.5. The van der Waals surface area contributed by atoms with Gasteiger partial charge in [0.2, 0.25) is 0 Å². The molecule has 4 rings (SSSR count). The van der Waals surface area contributed by atoms with Crippen molar-refractivity contribution in [1.29, 1.82) is 5.26 Å². The summed E-state index contributed by atoms with van der Waals surface area (Å²) in [6.45, 7) is 13.5. The highest BCUT2D eigenvalue weighted by Crippen LogP contribution is 2.13. The Hall–Kier alpha value is -1.16. The van der Waals surface area contributed by atoms with Crippen molar-refractivity contribution in [3.8, 4) is 6.07 Å². The van der Waals surface area contributed by atoms with Gasteiger partial charge >= 0.3 is 0 Å². The smallest absolute Gasteiger partial charge is 0.0843 e. The van der Waals surface area contributed by atoms with Crippen molar-refractivity contribution in [2.45, 2.75) is 81.3 Å². The van der Waals surface area contributed by atoms with Crippen LogP contribution in [-0.4, -0.2) is 115 Å². The standard InChI is InChI=1S/C29H58N10/c30-11-7-3-1-4-8-12-38-28-21-31-14-17-34-24-29(25-35-18-15-32-22-28,26-36-19-16-33-23-28)39-13-9-5-2-6-10-27-20-37-27/h20,27,31-36,38-39H,1-10,12-19,21-26H2. The molecule has 4 aliphatic heterocycles. The van der Waals surface area contributed by atoms with Gasteiger partial charge in [-0.1, -0.05) is 32.1 Å². The zero-order valence-corrected chi connectivity index (χ0v) is 24.5. The molecule has 39 heavy (non-hydrogen) atoms. The van der Waals surface area contributed by atoms with Crippen molar-refractivity contribution in [3.63, 3.8) is 0 Å². The predicted molar refractivity (Wildman–Crippen MR) is 163 cm³/mol. The number of hydrogen-bond donors (Lipinski definition) is 8. The predicted octanol–water partition coefficient (Wildman–Crippen LogP) is 0.0856. The van der Waals surface area contributed by atoms with Crippen LogP contribution in [0.4, 0.5) is 0 Å². The van der Waals surface area contributed by atoms with E-state index in [-0.39, 0.29) is 11.1 Å². The van der Waals surface area contributed by atoms with Gasteiger partial charge in [-0.25, -0.2) is 0 Å². The van der Waals surface area contributed by atoms with Crippen molar-refractivity contribution in [2.75, 3.05) is 91.6 Å². The lowest BCUT2D eigenvalue weighted by molar-refractivity contribution is 0.253. The lowest BCUT2D eigenvalue weighted by atomic mass is 9.96. The van der Waals surface area contributed by atoms with E-state index in [1.54, 1.807) is 0 Å². The third kappa shape index (κ3) is 14.3. The minimum atomic E-state index is -0.0299. The Labute approximate surface area is 238 Å². The molecule has 8 N–H and O–H groups in total. The molecule has 1 atom stereocenters. The Balaban J connectivity index is 1.49. The summed E-state index contributed by atoms with van der Waals surface area (Å²) in [5.41, 5.74) is -0.0352. The summed E-state index contributed by atoms with van der Waals surface area (Å²) < 4.78 is 0. The zero-order chi connectivity index (χ0) is 27.3. The quantitative estimate of drug-likeness (QED) is 0.135. The highest BCUT2D eigenvalue weighted by molar-refractivity contribution is 5.77. The normalized spacial score (nSPS) is 28.9. The van der Waals surface area contributed by atoms with E-state index in [4.69, 9.17) is 5.26 Å². The van der Waals surface area contributed by atoms with Gasteiger partial charge in [-0.05, 0) is 38.8 Å². The number of aliphatic imine (C=N–C) groups is 1. The summed E-state index contributed by atoms with van der Waals surface area (Å²) in [6.07, 6.45) is 13.6. The lowest BCUT2D eigenvalue weighted by Crippen LogP contribution is -2.67. The third-order valence-electron chi connectivity index (χ3n) is 8.22. The molecule has 3 fully saturated rings. The van der Waals surface area contributed by atoms with E-state index in [1.165, 1.54) is 38.5 Å². The Morgan fingerprint density at radius 2 is 1.00 bits per heavy atom.